The number of benzene rings is 2. The van der Waals surface area contributed by atoms with Crippen LogP contribution in [0.3, 0.4) is 0 Å². The fraction of sp³-hybridized carbons (Fsp3) is 0.0556. The predicted molar refractivity (Wildman–Crippen MR) is 119 cm³/mol. The molecule has 0 saturated heterocycles. The van der Waals surface area contributed by atoms with Crippen LogP contribution in [0.15, 0.2) is 42.5 Å². The minimum absolute atomic E-state index is 0.0320. The highest BCUT2D eigenvalue weighted by Gasteiger charge is 2.22. The second kappa shape index (κ2) is 8.36. The number of anilines is 3. The van der Waals surface area contributed by atoms with Crippen LogP contribution >= 0.6 is 47.0 Å². The van der Waals surface area contributed by atoms with E-state index in [1.807, 2.05) is 0 Å². The monoisotopic (exact) mass is 453 g/mol. The number of thiocarbonyl (C=S) groups is 1. The number of nitrogen functional groups attached to an aromatic ring is 2. The lowest BCUT2D eigenvalue weighted by Crippen LogP contribution is -2.19. The van der Waals surface area contributed by atoms with Gasteiger partial charge in [0.25, 0.3) is 5.91 Å². The summed E-state index contributed by atoms with van der Waals surface area (Å²) in [6.07, 6.45) is 0.0745. The Kier molecular flexibility index (Phi) is 6.10. The third-order valence-corrected chi connectivity index (χ3v) is 4.97. The molecule has 3 rings (SSSR count). The van der Waals surface area contributed by atoms with Gasteiger partial charge >= 0.3 is 0 Å². The molecule has 0 atom stereocenters. The van der Waals surface area contributed by atoms with Gasteiger partial charge in [-0.2, -0.15) is 4.68 Å². The Bertz CT molecular complexity index is 1070. The van der Waals surface area contributed by atoms with Gasteiger partial charge in [0.15, 0.2) is 5.82 Å². The first-order chi connectivity index (χ1) is 13.3. The van der Waals surface area contributed by atoms with E-state index >= 15 is 0 Å². The molecule has 0 aliphatic carbocycles. The van der Waals surface area contributed by atoms with Crippen molar-refractivity contribution in [1.82, 2.24) is 9.78 Å². The van der Waals surface area contributed by atoms with Gasteiger partial charge in [-0.15, -0.1) is 5.10 Å². The van der Waals surface area contributed by atoms with Gasteiger partial charge in [-0.25, -0.2) is 0 Å². The number of carbonyl (C=O) groups is 1. The third-order valence-electron chi connectivity index (χ3n) is 3.86. The molecule has 144 valence electrons. The zero-order valence-corrected chi connectivity index (χ0v) is 17.3. The fourth-order valence-electron chi connectivity index (χ4n) is 2.50. The molecule has 10 heteroatoms. The molecule has 0 spiro atoms. The second-order valence-electron chi connectivity index (χ2n) is 5.83. The standard InChI is InChI=1S/C18H14Cl3N5OS/c19-10-3-1-9(2-4-10)7-14(27)26-17(23)15(16(22)25-26)18(28)24-13-6-5-11(20)8-12(13)21/h1-6,8H,7,23H2,(H2,22,25)(H,24,28). The van der Waals surface area contributed by atoms with Gasteiger partial charge in [0.1, 0.15) is 10.8 Å². The van der Waals surface area contributed by atoms with E-state index in [4.69, 9.17) is 58.5 Å². The van der Waals surface area contributed by atoms with Crippen LogP contribution in [0.4, 0.5) is 17.3 Å². The second-order valence-corrected chi connectivity index (χ2v) is 7.52. The van der Waals surface area contributed by atoms with E-state index in [1.165, 1.54) is 0 Å². The van der Waals surface area contributed by atoms with Crippen LogP contribution in [0.1, 0.15) is 15.9 Å². The van der Waals surface area contributed by atoms with E-state index in [1.54, 1.807) is 42.5 Å². The number of hydrogen-bond donors (Lipinski definition) is 3. The molecule has 1 aromatic heterocycles. The number of hydrogen-bond acceptors (Lipinski definition) is 5. The summed E-state index contributed by atoms with van der Waals surface area (Å²) in [6, 6.07) is 11.8. The first kappa shape index (κ1) is 20.4. The molecule has 5 N–H and O–H groups in total. The van der Waals surface area contributed by atoms with Crippen LogP contribution in [0.2, 0.25) is 15.1 Å². The number of nitrogens with two attached hydrogens (primary N) is 2. The van der Waals surface area contributed by atoms with Gasteiger partial charge in [0.2, 0.25) is 0 Å². The summed E-state index contributed by atoms with van der Waals surface area (Å²) < 4.78 is 1.04. The lowest BCUT2D eigenvalue weighted by molar-refractivity contribution is 0.0902. The first-order valence-corrected chi connectivity index (χ1v) is 9.48. The largest absolute Gasteiger partial charge is 0.383 e. The number of carbonyl (C=O) groups excluding carboxylic acids is 1. The van der Waals surface area contributed by atoms with Crippen molar-refractivity contribution < 1.29 is 4.79 Å². The van der Waals surface area contributed by atoms with E-state index in [0.717, 1.165) is 10.2 Å². The summed E-state index contributed by atoms with van der Waals surface area (Å²) in [5, 5.41) is 8.42. The van der Waals surface area contributed by atoms with E-state index in [0.29, 0.717) is 20.8 Å². The van der Waals surface area contributed by atoms with E-state index in [-0.39, 0.29) is 34.5 Å². The first-order valence-electron chi connectivity index (χ1n) is 7.94. The number of nitrogens with one attached hydrogen (secondary N) is 1. The number of halogens is 3. The molecule has 3 aromatic rings. The molecule has 0 fully saturated rings. The lowest BCUT2D eigenvalue weighted by Gasteiger charge is -2.10. The van der Waals surface area contributed by atoms with E-state index < -0.39 is 0 Å². The molecule has 0 amide bonds. The van der Waals surface area contributed by atoms with Gasteiger partial charge in [-0.05, 0) is 35.9 Å². The lowest BCUT2D eigenvalue weighted by atomic mass is 10.1. The van der Waals surface area contributed by atoms with Crippen LogP contribution in [-0.4, -0.2) is 20.7 Å². The van der Waals surface area contributed by atoms with Crippen LogP contribution in [0.25, 0.3) is 0 Å². The van der Waals surface area contributed by atoms with Gasteiger partial charge in [0, 0.05) is 10.0 Å². The summed E-state index contributed by atoms with van der Waals surface area (Å²) in [7, 11) is 0. The Hall–Kier alpha value is -2.32. The maximum Gasteiger partial charge on any atom is 0.253 e. The average Bonchev–Trinajstić information content (AvgIpc) is 2.94. The average molecular weight is 455 g/mol. The zero-order chi connectivity index (χ0) is 20.4. The smallest absolute Gasteiger partial charge is 0.253 e. The van der Waals surface area contributed by atoms with Crippen molar-refractivity contribution in [2.45, 2.75) is 6.42 Å². The van der Waals surface area contributed by atoms with Crippen molar-refractivity contribution in [1.29, 1.82) is 0 Å². The van der Waals surface area contributed by atoms with Gasteiger partial charge in [-0.1, -0.05) is 59.2 Å². The topological polar surface area (TPSA) is 99.0 Å². The quantitative estimate of drug-likeness (QED) is 0.495. The molecule has 2 aromatic carbocycles. The van der Waals surface area contributed by atoms with Crippen LogP contribution in [0.5, 0.6) is 0 Å². The molecule has 0 saturated carbocycles. The molecule has 0 bridgehead atoms. The Labute approximate surface area is 181 Å². The summed E-state index contributed by atoms with van der Waals surface area (Å²) in [4.78, 5) is 12.8. The van der Waals surface area contributed by atoms with Crippen molar-refractivity contribution >= 4 is 75.2 Å². The molecule has 0 aliphatic heterocycles. The molecule has 0 aliphatic rings. The Balaban J connectivity index is 1.83. The van der Waals surface area contributed by atoms with Gasteiger partial charge in [0.05, 0.1) is 22.7 Å². The summed E-state index contributed by atoms with van der Waals surface area (Å²) >= 11 is 23.3. The van der Waals surface area contributed by atoms with Crippen LogP contribution in [-0.2, 0) is 6.42 Å². The molecular weight excluding hydrogens is 441 g/mol. The SMILES string of the molecule is Nc1nn(C(=O)Cc2ccc(Cl)cc2)c(N)c1C(=S)Nc1ccc(Cl)cc1Cl. The van der Waals surface area contributed by atoms with Gasteiger partial charge in [-0.3, -0.25) is 4.79 Å². The predicted octanol–water partition coefficient (Wildman–Crippen LogP) is 4.68. The normalized spacial score (nSPS) is 10.7. The third kappa shape index (κ3) is 4.39. The summed E-state index contributed by atoms with van der Waals surface area (Å²) in [5.41, 5.74) is 13.6. The number of aromatic nitrogens is 2. The van der Waals surface area contributed by atoms with Crippen molar-refractivity contribution in [2.24, 2.45) is 0 Å². The van der Waals surface area contributed by atoms with Crippen molar-refractivity contribution in [3.8, 4) is 0 Å². The van der Waals surface area contributed by atoms with Crippen molar-refractivity contribution in [3.63, 3.8) is 0 Å². The summed E-state index contributed by atoms with van der Waals surface area (Å²) in [6.45, 7) is 0. The molecule has 1 heterocycles. The highest BCUT2D eigenvalue weighted by Crippen LogP contribution is 2.28. The Morgan fingerprint density at radius 1 is 1.07 bits per heavy atom. The molecular formula is C18H14Cl3N5OS. The fourth-order valence-corrected chi connectivity index (χ4v) is 3.40. The Morgan fingerprint density at radius 2 is 1.71 bits per heavy atom. The minimum Gasteiger partial charge on any atom is -0.383 e. The maximum absolute atomic E-state index is 12.6. The molecule has 6 nitrogen and oxygen atoms in total. The minimum atomic E-state index is -0.356. The Morgan fingerprint density at radius 3 is 2.36 bits per heavy atom. The molecule has 28 heavy (non-hydrogen) atoms. The highest BCUT2D eigenvalue weighted by molar-refractivity contribution is 7.81. The zero-order valence-electron chi connectivity index (χ0n) is 14.2. The van der Waals surface area contributed by atoms with Crippen LogP contribution < -0.4 is 16.8 Å². The highest BCUT2D eigenvalue weighted by atomic mass is 35.5. The molecule has 0 radical (unpaired) electrons. The van der Waals surface area contributed by atoms with E-state index in [9.17, 15) is 4.79 Å². The maximum atomic E-state index is 12.6. The molecule has 0 unspecified atom stereocenters. The van der Waals surface area contributed by atoms with E-state index in [2.05, 4.69) is 10.4 Å². The van der Waals surface area contributed by atoms with Gasteiger partial charge < -0.3 is 16.8 Å². The van der Waals surface area contributed by atoms with Crippen molar-refractivity contribution in [3.05, 3.63) is 68.7 Å². The number of rotatable bonds is 4. The number of nitrogens with zero attached hydrogens (tertiary/aromatic N) is 2. The summed E-state index contributed by atoms with van der Waals surface area (Å²) in [5.74, 6) is -0.284. The van der Waals surface area contributed by atoms with Crippen molar-refractivity contribution in [2.75, 3.05) is 16.8 Å². The van der Waals surface area contributed by atoms with Crippen LogP contribution in [0, 0.1) is 0 Å².